The van der Waals surface area contributed by atoms with Gasteiger partial charge in [0.05, 0.1) is 12.2 Å². The smallest absolute Gasteiger partial charge is 0.383 e. The summed E-state index contributed by atoms with van der Waals surface area (Å²) in [6, 6.07) is 5.96. The SMILES string of the molecule is COC[C@@H]1CCCN1C[C@@H]1CN2CC[C@H]1C[C@@H]2CNC(=S)Nc1ccc(C(F)(F)F)cc1. The maximum Gasteiger partial charge on any atom is 0.416 e. The molecule has 9 heteroatoms. The molecule has 4 saturated heterocycles. The Kier molecular flexibility index (Phi) is 7.59. The molecule has 0 amide bonds. The minimum Gasteiger partial charge on any atom is -0.383 e. The molecule has 32 heavy (non-hydrogen) atoms. The highest BCUT2D eigenvalue weighted by molar-refractivity contribution is 7.80. The molecule has 5 nitrogen and oxygen atoms in total. The highest BCUT2D eigenvalue weighted by Gasteiger charge is 2.41. The van der Waals surface area contributed by atoms with Gasteiger partial charge in [0.25, 0.3) is 0 Å². The largest absolute Gasteiger partial charge is 0.416 e. The van der Waals surface area contributed by atoms with Gasteiger partial charge in [-0.25, -0.2) is 0 Å². The molecular weight excluding hydrogens is 437 g/mol. The van der Waals surface area contributed by atoms with Gasteiger partial charge in [-0.2, -0.15) is 13.2 Å². The monoisotopic (exact) mass is 470 g/mol. The van der Waals surface area contributed by atoms with Crippen LogP contribution in [0.5, 0.6) is 0 Å². The fourth-order valence-electron chi connectivity index (χ4n) is 5.61. The molecule has 1 unspecified atom stereocenters. The van der Waals surface area contributed by atoms with Crippen molar-refractivity contribution in [1.29, 1.82) is 0 Å². The number of hydrogen-bond acceptors (Lipinski definition) is 4. The number of nitrogens with one attached hydrogen (secondary N) is 2. The number of nitrogens with zero attached hydrogens (tertiary/aromatic N) is 2. The van der Waals surface area contributed by atoms with Gasteiger partial charge in [0, 0.05) is 44.5 Å². The first kappa shape index (κ1) is 23.7. The molecule has 0 aliphatic carbocycles. The number of alkyl halides is 3. The van der Waals surface area contributed by atoms with Crippen LogP contribution in [-0.2, 0) is 10.9 Å². The minimum absolute atomic E-state index is 0.448. The van der Waals surface area contributed by atoms with E-state index < -0.39 is 11.7 Å². The predicted molar refractivity (Wildman–Crippen MR) is 124 cm³/mol. The number of likely N-dealkylation sites (tertiary alicyclic amines) is 1. The lowest BCUT2D eigenvalue weighted by atomic mass is 9.75. The summed E-state index contributed by atoms with van der Waals surface area (Å²) in [7, 11) is 1.79. The van der Waals surface area contributed by atoms with Crippen molar-refractivity contribution in [1.82, 2.24) is 15.1 Å². The second-order valence-corrected chi connectivity index (χ2v) is 9.76. The molecule has 4 aliphatic rings. The molecule has 2 N–H and O–H groups in total. The number of methoxy groups -OCH3 is 1. The van der Waals surface area contributed by atoms with E-state index in [2.05, 4.69) is 20.4 Å². The van der Waals surface area contributed by atoms with Gasteiger partial charge in [0.2, 0.25) is 0 Å². The molecular formula is C23H33F3N4OS. The van der Waals surface area contributed by atoms with Crippen LogP contribution in [0.15, 0.2) is 24.3 Å². The lowest BCUT2D eigenvalue weighted by Crippen LogP contribution is -2.59. The Labute approximate surface area is 193 Å². The number of rotatable bonds is 7. The highest BCUT2D eigenvalue weighted by atomic mass is 32.1. The zero-order chi connectivity index (χ0) is 22.7. The normalized spacial score (nSPS) is 30.4. The molecule has 0 saturated carbocycles. The maximum absolute atomic E-state index is 12.7. The first-order valence-corrected chi connectivity index (χ1v) is 11.9. The second kappa shape index (κ2) is 10.2. The number of anilines is 1. The number of benzene rings is 1. The van der Waals surface area contributed by atoms with E-state index in [9.17, 15) is 13.2 Å². The summed E-state index contributed by atoms with van der Waals surface area (Å²) < 4.78 is 43.5. The summed E-state index contributed by atoms with van der Waals surface area (Å²) in [6.07, 6.45) is 0.612. The molecule has 4 heterocycles. The fraction of sp³-hybridized carbons (Fsp3) is 0.696. The van der Waals surface area contributed by atoms with E-state index >= 15 is 0 Å². The maximum atomic E-state index is 12.7. The average molecular weight is 471 g/mol. The van der Waals surface area contributed by atoms with Crippen molar-refractivity contribution in [2.24, 2.45) is 11.8 Å². The first-order valence-electron chi connectivity index (χ1n) is 11.5. The van der Waals surface area contributed by atoms with Crippen LogP contribution in [0.25, 0.3) is 0 Å². The van der Waals surface area contributed by atoms with Gasteiger partial charge < -0.3 is 15.4 Å². The summed E-state index contributed by atoms with van der Waals surface area (Å²) in [6.45, 7) is 6.21. The van der Waals surface area contributed by atoms with Crippen LogP contribution in [0.3, 0.4) is 0 Å². The Balaban J connectivity index is 1.23. The number of thiocarbonyl (C=S) groups is 1. The Morgan fingerprint density at radius 3 is 2.59 bits per heavy atom. The molecule has 4 fully saturated rings. The molecule has 5 atom stereocenters. The van der Waals surface area contributed by atoms with Gasteiger partial charge in [-0.05, 0) is 87.1 Å². The second-order valence-electron chi connectivity index (χ2n) is 9.35. The highest BCUT2D eigenvalue weighted by Crippen LogP contribution is 2.37. The van der Waals surface area contributed by atoms with Gasteiger partial charge >= 0.3 is 6.18 Å². The van der Waals surface area contributed by atoms with Crippen molar-refractivity contribution in [3.05, 3.63) is 29.8 Å². The summed E-state index contributed by atoms with van der Waals surface area (Å²) >= 11 is 5.37. The van der Waals surface area contributed by atoms with E-state index in [1.807, 2.05) is 0 Å². The van der Waals surface area contributed by atoms with Crippen LogP contribution >= 0.6 is 12.2 Å². The fourth-order valence-corrected chi connectivity index (χ4v) is 5.82. The average Bonchev–Trinajstić information content (AvgIpc) is 3.20. The Hall–Kier alpha value is -1.42. The molecule has 1 aromatic carbocycles. The van der Waals surface area contributed by atoms with Crippen molar-refractivity contribution < 1.29 is 17.9 Å². The molecule has 4 aliphatic heterocycles. The van der Waals surface area contributed by atoms with E-state index in [1.54, 1.807) is 7.11 Å². The quantitative estimate of drug-likeness (QED) is 0.591. The van der Waals surface area contributed by atoms with Crippen LogP contribution < -0.4 is 10.6 Å². The van der Waals surface area contributed by atoms with Crippen molar-refractivity contribution in [3.63, 3.8) is 0 Å². The van der Waals surface area contributed by atoms with Crippen molar-refractivity contribution in [2.75, 3.05) is 51.8 Å². The molecule has 0 aromatic heterocycles. The van der Waals surface area contributed by atoms with Gasteiger partial charge in [-0.3, -0.25) is 9.80 Å². The predicted octanol–water partition coefficient (Wildman–Crippen LogP) is 3.81. The number of piperidine rings is 3. The zero-order valence-electron chi connectivity index (χ0n) is 18.5. The number of halogens is 3. The molecule has 0 spiro atoms. The third-order valence-electron chi connectivity index (χ3n) is 7.31. The van der Waals surface area contributed by atoms with E-state index in [4.69, 9.17) is 17.0 Å². The van der Waals surface area contributed by atoms with E-state index in [0.29, 0.717) is 22.9 Å². The first-order chi connectivity index (χ1) is 15.3. The van der Waals surface area contributed by atoms with Gasteiger partial charge in [0.1, 0.15) is 0 Å². The lowest BCUT2D eigenvalue weighted by molar-refractivity contribution is -0.137. The van der Waals surface area contributed by atoms with Crippen LogP contribution in [-0.4, -0.2) is 73.4 Å². The third-order valence-corrected chi connectivity index (χ3v) is 7.56. The van der Waals surface area contributed by atoms with Gasteiger partial charge in [-0.1, -0.05) is 0 Å². The van der Waals surface area contributed by atoms with Gasteiger partial charge in [0.15, 0.2) is 5.11 Å². The molecule has 0 radical (unpaired) electrons. The summed E-state index contributed by atoms with van der Waals surface area (Å²) in [5.74, 6) is 1.46. The zero-order valence-corrected chi connectivity index (χ0v) is 19.4. The van der Waals surface area contributed by atoms with Crippen molar-refractivity contribution >= 4 is 23.0 Å². The molecule has 5 rings (SSSR count). The summed E-state index contributed by atoms with van der Waals surface area (Å²) in [5, 5.41) is 6.71. The lowest BCUT2D eigenvalue weighted by Gasteiger charge is -2.51. The Morgan fingerprint density at radius 2 is 1.94 bits per heavy atom. The number of ether oxygens (including phenoxy) is 1. The van der Waals surface area contributed by atoms with Crippen LogP contribution in [0.2, 0.25) is 0 Å². The number of fused-ring (bicyclic) bond motifs is 3. The minimum atomic E-state index is -4.33. The van der Waals surface area contributed by atoms with Crippen LogP contribution in [0.1, 0.15) is 31.2 Å². The summed E-state index contributed by atoms with van der Waals surface area (Å²) in [5.41, 5.74) is -0.109. The van der Waals surface area contributed by atoms with E-state index in [-0.39, 0.29) is 0 Å². The van der Waals surface area contributed by atoms with Crippen molar-refractivity contribution in [2.45, 2.75) is 43.9 Å². The third kappa shape index (κ3) is 5.73. The topological polar surface area (TPSA) is 39.8 Å². The Bertz CT molecular complexity index is 776. The standard InChI is InChI=1S/C23H33F3N4OS/c1-31-15-20-3-2-9-29(20)13-17-14-30-10-8-16(17)11-21(30)12-27-22(32)28-19-6-4-18(5-7-19)23(24,25)26/h4-7,16-17,20-21H,2-3,8-15H2,1H3,(H2,27,28,32)/t16-,17+,20-,21+/m0/s1. The number of hydrogen-bond donors (Lipinski definition) is 2. The van der Waals surface area contributed by atoms with Gasteiger partial charge in [-0.15, -0.1) is 0 Å². The molecule has 1 aromatic rings. The van der Waals surface area contributed by atoms with E-state index in [0.717, 1.165) is 50.2 Å². The Morgan fingerprint density at radius 1 is 1.16 bits per heavy atom. The molecule has 178 valence electrons. The van der Waals surface area contributed by atoms with Crippen molar-refractivity contribution in [3.8, 4) is 0 Å². The van der Waals surface area contributed by atoms with E-state index in [1.165, 1.54) is 50.9 Å². The molecule has 2 bridgehead atoms. The van der Waals surface area contributed by atoms with Crippen LogP contribution in [0.4, 0.5) is 18.9 Å². The van der Waals surface area contributed by atoms with Crippen LogP contribution in [0, 0.1) is 11.8 Å². The summed E-state index contributed by atoms with van der Waals surface area (Å²) in [4.78, 5) is 5.21.